The monoisotopic (exact) mass is 454 g/mol. The van der Waals surface area contributed by atoms with Gasteiger partial charge in [-0.3, -0.25) is 0 Å². The van der Waals surface area contributed by atoms with Crippen molar-refractivity contribution in [2.45, 2.75) is 65.3 Å². The van der Waals surface area contributed by atoms with Crippen LogP contribution in [0.15, 0.2) is 22.2 Å². The topological polar surface area (TPSA) is 89.9 Å². The van der Waals surface area contributed by atoms with Gasteiger partial charge < -0.3 is 24.5 Å². The second-order valence-electron chi connectivity index (χ2n) is 8.70. The maximum absolute atomic E-state index is 12.1. The van der Waals surface area contributed by atoms with Crippen molar-refractivity contribution in [3.8, 4) is 5.75 Å². The van der Waals surface area contributed by atoms with Gasteiger partial charge in [-0.2, -0.15) is 0 Å². The van der Waals surface area contributed by atoms with Crippen molar-refractivity contribution in [2.75, 3.05) is 6.54 Å². The van der Waals surface area contributed by atoms with Crippen molar-refractivity contribution in [1.29, 1.82) is 0 Å². The number of carbonyl (C=O) groups excluding carboxylic acids is 1. The van der Waals surface area contributed by atoms with Crippen molar-refractivity contribution in [2.24, 2.45) is 0 Å². The van der Waals surface area contributed by atoms with Gasteiger partial charge in [0.2, 0.25) is 0 Å². The number of nitrogens with zero attached hydrogens (tertiary/aromatic N) is 1. The molecular weight excluding hydrogens is 427 g/mol. The summed E-state index contributed by atoms with van der Waals surface area (Å²) in [5, 5.41) is 12.9. The fourth-order valence-electron chi connectivity index (χ4n) is 2.41. The maximum Gasteiger partial charge on any atom is 0.492 e. The molecule has 0 aliphatic carbocycles. The number of amides is 1. The minimum absolute atomic E-state index is 0.00878. The first-order valence-electron chi connectivity index (χ1n) is 9.09. The van der Waals surface area contributed by atoms with Gasteiger partial charge in [-0.25, -0.2) is 9.78 Å². The highest BCUT2D eigenvalue weighted by molar-refractivity contribution is 9.10. The Labute approximate surface area is 175 Å². The van der Waals surface area contributed by atoms with E-state index in [-0.39, 0.29) is 12.3 Å². The Hall–Kier alpha value is -1.58. The van der Waals surface area contributed by atoms with Crippen LogP contribution in [0.3, 0.4) is 0 Å². The summed E-state index contributed by atoms with van der Waals surface area (Å²) in [6.07, 6.45) is 1.10. The minimum Gasteiger partial charge on any atom is -0.506 e. The summed E-state index contributed by atoms with van der Waals surface area (Å²) in [6, 6.07) is 3.17. The predicted molar refractivity (Wildman–Crippen MR) is 112 cm³/mol. The molecule has 7 nitrogen and oxygen atoms in total. The Kier molecular flexibility index (Phi) is 6.52. The van der Waals surface area contributed by atoms with Crippen LogP contribution in [0.1, 0.15) is 54.2 Å². The summed E-state index contributed by atoms with van der Waals surface area (Å²) >= 11 is 3.30. The lowest BCUT2D eigenvalue weighted by atomic mass is 9.77. The van der Waals surface area contributed by atoms with Crippen LogP contribution in [0, 0.1) is 0 Å². The molecule has 1 aliphatic heterocycles. The van der Waals surface area contributed by atoms with E-state index in [1.54, 1.807) is 32.9 Å². The number of rotatable bonds is 4. The molecule has 2 rings (SSSR count). The molecular formula is C19H28BBrN2O5. The Morgan fingerprint density at radius 3 is 2.39 bits per heavy atom. The highest BCUT2D eigenvalue weighted by atomic mass is 79.9. The summed E-state index contributed by atoms with van der Waals surface area (Å²) in [5.74, 6) is 0.00878. The number of halogens is 1. The van der Waals surface area contributed by atoms with Gasteiger partial charge in [-0.15, -0.1) is 0 Å². The van der Waals surface area contributed by atoms with E-state index in [9.17, 15) is 9.90 Å². The lowest BCUT2D eigenvalue weighted by molar-refractivity contribution is 0.00578. The Bertz CT molecular complexity index is 758. The van der Waals surface area contributed by atoms with Crippen LogP contribution >= 0.6 is 15.9 Å². The molecule has 0 radical (unpaired) electrons. The van der Waals surface area contributed by atoms with Crippen molar-refractivity contribution < 1.29 is 23.9 Å². The number of ether oxygens (including phenoxy) is 1. The van der Waals surface area contributed by atoms with E-state index in [1.807, 2.05) is 27.7 Å². The first-order chi connectivity index (χ1) is 12.7. The fourth-order valence-corrected chi connectivity index (χ4v) is 2.73. The molecule has 0 saturated carbocycles. The first-order valence-corrected chi connectivity index (χ1v) is 9.88. The third kappa shape index (κ3) is 5.72. The van der Waals surface area contributed by atoms with E-state index in [4.69, 9.17) is 14.0 Å². The lowest BCUT2D eigenvalue weighted by Crippen LogP contribution is -2.41. The van der Waals surface area contributed by atoms with Crippen LogP contribution in [0.25, 0.3) is 6.08 Å². The summed E-state index contributed by atoms with van der Waals surface area (Å²) < 4.78 is 18.1. The third-order valence-electron chi connectivity index (χ3n) is 4.58. The highest BCUT2D eigenvalue weighted by Crippen LogP contribution is 2.39. The van der Waals surface area contributed by atoms with Gasteiger partial charge >= 0.3 is 13.2 Å². The zero-order valence-electron chi connectivity index (χ0n) is 17.4. The number of aromatic hydroxyl groups is 1. The van der Waals surface area contributed by atoms with Gasteiger partial charge in [-0.05, 0) is 88.1 Å². The van der Waals surface area contributed by atoms with Crippen LogP contribution in [0.2, 0.25) is 0 Å². The molecule has 1 saturated heterocycles. The standard InChI is InChI=1S/C19H28BBrN2O5/c1-17(2,3)26-16(25)22-11-12(10-13-14(24)8-9-15(21)23-13)20-27-18(4,5)19(6,7)28-20/h8-10,24H,11H2,1-7H3,(H,22,25). The average molecular weight is 455 g/mol. The number of hydrogen-bond acceptors (Lipinski definition) is 6. The van der Waals surface area contributed by atoms with Crippen LogP contribution in [-0.4, -0.2) is 46.7 Å². The molecule has 1 amide bonds. The molecule has 28 heavy (non-hydrogen) atoms. The molecule has 1 aliphatic rings. The first kappa shape index (κ1) is 22.7. The van der Waals surface area contributed by atoms with Crippen LogP contribution < -0.4 is 5.32 Å². The molecule has 0 spiro atoms. The van der Waals surface area contributed by atoms with Crippen molar-refractivity contribution in [1.82, 2.24) is 10.3 Å². The zero-order chi connectivity index (χ0) is 21.3. The molecule has 2 N–H and O–H groups in total. The molecule has 1 fully saturated rings. The smallest absolute Gasteiger partial charge is 0.492 e. The summed E-state index contributed by atoms with van der Waals surface area (Å²) in [6.45, 7) is 13.3. The second-order valence-corrected chi connectivity index (χ2v) is 9.51. The van der Waals surface area contributed by atoms with Crippen LogP contribution in [0.5, 0.6) is 5.75 Å². The van der Waals surface area contributed by atoms with Crippen LogP contribution in [-0.2, 0) is 14.0 Å². The normalized spacial score (nSPS) is 18.9. The molecule has 0 bridgehead atoms. The molecule has 0 atom stereocenters. The van der Waals surface area contributed by atoms with E-state index >= 15 is 0 Å². The van der Waals surface area contributed by atoms with E-state index < -0.39 is 30.0 Å². The number of pyridine rings is 1. The number of aromatic nitrogens is 1. The molecule has 154 valence electrons. The number of carbonyl (C=O) groups is 1. The van der Waals surface area contributed by atoms with E-state index in [2.05, 4.69) is 26.2 Å². The van der Waals surface area contributed by atoms with Gasteiger partial charge in [0, 0.05) is 6.54 Å². The second kappa shape index (κ2) is 8.04. The number of alkyl carbamates (subject to hydrolysis) is 1. The molecule has 1 aromatic heterocycles. The van der Waals surface area contributed by atoms with E-state index in [0.29, 0.717) is 15.8 Å². The number of nitrogens with one attached hydrogen (secondary N) is 1. The van der Waals surface area contributed by atoms with E-state index in [1.165, 1.54) is 6.07 Å². The van der Waals surface area contributed by atoms with Crippen molar-refractivity contribution in [3.63, 3.8) is 0 Å². The molecule has 1 aromatic rings. The Morgan fingerprint density at radius 1 is 1.29 bits per heavy atom. The Morgan fingerprint density at radius 2 is 1.86 bits per heavy atom. The molecule has 9 heteroatoms. The summed E-state index contributed by atoms with van der Waals surface area (Å²) in [7, 11) is -0.708. The van der Waals surface area contributed by atoms with E-state index in [0.717, 1.165) is 0 Å². The highest BCUT2D eigenvalue weighted by Gasteiger charge is 2.52. The van der Waals surface area contributed by atoms with Gasteiger partial charge in [0.05, 0.1) is 11.2 Å². The average Bonchev–Trinajstić information content (AvgIpc) is 2.73. The lowest BCUT2D eigenvalue weighted by Gasteiger charge is -2.32. The van der Waals surface area contributed by atoms with Gasteiger partial charge in [0.25, 0.3) is 0 Å². The molecule has 0 unspecified atom stereocenters. The van der Waals surface area contributed by atoms with Gasteiger partial charge in [0.15, 0.2) is 0 Å². The summed E-state index contributed by atoms with van der Waals surface area (Å²) in [4.78, 5) is 16.4. The van der Waals surface area contributed by atoms with Crippen LogP contribution in [0.4, 0.5) is 4.79 Å². The van der Waals surface area contributed by atoms with Crippen molar-refractivity contribution in [3.05, 3.63) is 27.9 Å². The Balaban J connectivity index is 2.30. The minimum atomic E-state index is -0.708. The predicted octanol–water partition coefficient (Wildman–Crippen LogP) is 4.09. The molecule has 2 heterocycles. The van der Waals surface area contributed by atoms with Crippen molar-refractivity contribution >= 4 is 35.2 Å². The quantitative estimate of drug-likeness (QED) is 0.526. The number of hydrogen-bond donors (Lipinski definition) is 2. The zero-order valence-corrected chi connectivity index (χ0v) is 19.0. The SMILES string of the molecule is CC(C)(C)OC(=O)NCC(=Cc1nc(Br)ccc1O)B1OC(C)(C)C(C)(C)O1. The summed E-state index contributed by atoms with van der Waals surface area (Å²) in [5.41, 5.74) is -0.761. The maximum atomic E-state index is 12.1. The molecule has 0 aromatic carbocycles. The third-order valence-corrected chi connectivity index (χ3v) is 5.02. The fraction of sp³-hybridized carbons (Fsp3) is 0.579. The largest absolute Gasteiger partial charge is 0.506 e. The van der Waals surface area contributed by atoms with Gasteiger partial charge in [-0.1, -0.05) is 0 Å². The van der Waals surface area contributed by atoms with Gasteiger partial charge in [0.1, 0.15) is 21.6 Å².